The molecule has 0 aromatic heterocycles. The van der Waals surface area contributed by atoms with Crippen LogP contribution in [0.5, 0.6) is 5.75 Å². The van der Waals surface area contributed by atoms with Crippen LogP contribution >= 0.6 is 0 Å². The highest BCUT2D eigenvalue weighted by atomic mass is 16.5. The number of nitrogens with zero attached hydrogens (tertiary/aromatic N) is 1. The Labute approximate surface area is 166 Å². The van der Waals surface area contributed by atoms with E-state index in [0.717, 1.165) is 16.9 Å². The van der Waals surface area contributed by atoms with Gasteiger partial charge in [-0.25, -0.2) is 0 Å². The molecule has 0 spiro atoms. The Morgan fingerprint density at radius 2 is 1.75 bits per heavy atom. The van der Waals surface area contributed by atoms with Crippen molar-refractivity contribution in [1.29, 1.82) is 0 Å². The largest absolute Gasteiger partial charge is 0.489 e. The van der Waals surface area contributed by atoms with Gasteiger partial charge in [-0.1, -0.05) is 49.4 Å². The molecule has 0 aliphatic rings. The molecule has 28 heavy (non-hydrogen) atoms. The van der Waals surface area contributed by atoms with E-state index in [-0.39, 0.29) is 17.8 Å². The number of hydrogen-bond acceptors (Lipinski definition) is 4. The quantitative estimate of drug-likeness (QED) is 0.488. The monoisotopic (exact) mass is 381 g/mol. The predicted molar refractivity (Wildman–Crippen MR) is 110 cm³/mol. The molecule has 0 heterocycles. The van der Waals surface area contributed by atoms with Gasteiger partial charge in [-0.2, -0.15) is 0 Å². The van der Waals surface area contributed by atoms with Crippen LogP contribution in [0, 0.1) is 5.92 Å². The fourth-order valence-electron chi connectivity index (χ4n) is 2.67. The van der Waals surface area contributed by atoms with Crippen molar-refractivity contribution in [2.24, 2.45) is 5.92 Å². The van der Waals surface area contributed by atoms with Gasteiger partial charge in [0.05, 0.1) is 13.0 Å². The van der Waals surface area contributed by atoms with Crippen molar-refractivity contribution < 1.29 is 19.1 Å². The minimum Gasteiger partial charge on any atom is -0.489 e. The van der Waals surface area contributed by atoms with Crippen molar-refractivity contribution in [3.8, 4) is 5.75 Å². The second-order valence-corrected chi connectivity index (χ2v) is 6.48. The third kappa shape index (κ3) is 6.58. The highest BCUT2D eigenvalue weighted by molar-refractivity contribution is 5.92. The van der Waals surface area contributed by atoms with E-state index in [9.17, 15) is 9.59 Å². The summed E-state index contributed by atoms with van der Waals surface area (Å²) in [5.41, 5.74) is 2.01. The van der Waals surface area contributed by atoms with E-state index in [1.54, 1.807) is 17.9 Å². The lowest BCUT2D eigenvalue weighted by molar-refractivity contribution is -0.146. The van der Waals surface area contributed by atoms with Gasteiger partial charge >= 0.3 is 5.97 Å². The first-order valence-electron chi connectivity index (χ1n) is 9.35. The maximum atomic E-state index is 12.4. The van der Waals surface area contributed by atoms with Gasteiger partial charge < -0.3 is 14.4 Å². The molecule has 2 rings (SSSR count). The van der Waals surface area contributed by atoms with E-state index in [4.69, 9.17) is 9.47 Å². The first kappa shape index (κ1) is 21.2. The number of carbonyl (C=O) groups excluding carboxylic acids is 2. The van der Waals surface area contributed by atoms with E-state index in [1.807, 2.05) is 61.5 Å². The number of esters is 1. The molecule has 148 valence electrons. The van der Waals surface area contributed by atoms with E-state index >= 15 is 0 Å². The van der Waals surface area contributed by atoms with Crippen molar-refractivity contribution in [2.45, 2.75) is 20.5 Å². The standard InChI is InChI=1S/C23H27NO4/c1-4-24(16-18(2)23(26)27-3)22(25)15-12-19-10-13-21(14-11-19)28-17-20-8-6-5-7-9-20/h5-15,18H,4,16-17H2,1-3H3/b15-12+. The highest BCUT2D eigenvalue weighted by Gasteiger charge is 2.18. The van der Waals surface area contributed by atoms with E-state index in [2.05, 4.69) is 0 Å². The number of ether oxygens (including phenoxy) is 2. The second-order valence-electron chi connectivity index (χ2n) is 6.48. The molecule has 0 N–H and O–H groups in total. The molecule has 5 heteroatoms. The van der Waals surface area contributed by atoms with Crippen molar-refractivity contribution in [1.82, 2.24) is 4.90 Å². The first-order valence-corrected chi connectivity index (χ1v) is 9.35. The van der Waals surface area contributed by atoms with Crippen LogP contribution in [-0.2, 0) is 20.9 Å². The predicted octanol–water partition coefficient (Wildman–Crippen LogP) is 3.94. The summed E-state index contributed by atoms with van der Waals surface area (Å²) in [4.78, 5) is 25.6. The number of rotatable bonds is 9. The van der Waals surface area contributed by atoms with Gasteiger partial charge in [-0.15, -0.1) is 0 Å². The average Bonchev–Trinajstić information content (AvgIpc) is 2.74. The van der Waals surface area contributed by atoms with Crippen LogP contribution in [0.1, 0.15) is 25.0 Å². The summed E-state index contributed by atoms with van der Waals surface area (Å²) in [5.74, 6) is -0.0401. The minimum atomic E-state index is -0.358. The van der Waals surface area contributed by atoms with Crippen molar-refractivity contribution in [3.05, 3.63) is 71.8 Å². The van der Waals surface area contributed by atoms with Crippen LogP contribution < -0.4 is 4.74 Å². The van der Waals surface area contributed by atoms with Crippen LogP contribution in [0.3, 0.4) is 0 Å². The third-order valence-electron chi connectivity index (χ3n) is 4.34. The Kier molecular flexibility index (Phi) is 8.28. The molecule has 1 atom stereocenters. The van der Waals surface area contributed by atoms with Crippen molar-refractivity contribution in [3.63, 3.8) is 0 Å². The van der Waals surface area contributed by atoms with Crippen molar-refractivity contribution in [2.75, 3.05) is 20.2 Å². The third-order valence-corrected chi connectivity index (χ3v) is 4.34. The molecule has 0 radical (unpaired) electrons. The molecule has 5 nitrogen and oxygen atoms in total. The number of benzene rings is 2. The van der Waals surface area contributed by atoms with Crippen LogP contribution in [-0.4, -0.2) is 37.0 Å². The number of likely N-dealkylation sites (N-methyl/N-ethyl adjacent to an activating group) is 1. The van der Waals surface area contributed by atoms with Crippen LogP contribution in [0.15, 0.2) is 60.7 Å². The molecule has 0 saturated carbocycles. The zero-order chi connectivity index (χ0) is 20.4. The van der Waals surface area contributed by atoms with Gasteiger partial charge in [0.2, 0.25) is 5.91 Å². The summed E-state index contributed by atoms with van der Waals surface area (Å²) >= 11 is 0. The summed E-state index contributed by atoms with van der Waals surface area (Å²) < 4.78 is 10.5. The number of carbonyl (C=O) groups is 2. The normalized spacial score (nSPS) is 11.8. The molecule has 2 aromatic carbocycles. The Hall–Kier alpha value is -3.08. The van der Waals surface area contributed by atoms with Crippen LogP contribution in [0.4, 0.5) is 0 Å². The fourth-order valence-corrected chi connectivity index (χ4v) is 2.67. The summed E-state index contributed by atoms with van der Waals surface area (Å²) in [6.45, 7) is 5.00. The Morgan fingerprint density at radius 3 is 2.36 bits per heavy atom. The number of methoxy groups -OCH3 is 1. The maximum absolute atomic E-state index is 12.4. The maximum Gasteiger partial charge on any atom is 0.310 e. The lowest BCUT2D eigenvalue weighted by Crippen LogP contribution is -2.36. The van der Waals surface area contributed by atoms with Gasteiger partial charge in [0, 0.05) is 19.2 Å². The molecule has 0 fully saturated rings. The van der Waals surface area contributed by atoms with Crippen molar-refractivity contribution >= 4 is 18.0 Å². The number of hydrogen-bond donors (Lipinski definition) is 0. The molecule has 1 unspecified atom stereocenters. The zero-order valence-electron chi connectivity index (χ0n) is 16.6. The van der Waals surface area contributed by atoms with Gasteiger partial charge in [0.1, 0.15) is 12.4 Å². The van der Waals surface area contributed by atoms with E-state index < -0.39 is 0 Å². The first-order chi connectivity index (χ1) is 13.5. The topological polar surface area (TPSA) is 55.8 Å². The number of amides is 1. The summed E-state index contributed by atoms with van der Waals surface area (Å²) in [5, 5.41) is 0. The molecule has 0 aliphatic carbocycles. The summed E-state index contributed by atoms with van der Waals surface area (Å²) in [6, 6.07) is 17.5. The molecular formula is C23H27NO4. The van der Waals surface area contributed by atoms with E-state index in [0.29, 0.717) is 19.7 Å². The molecule has 0 bridgehead atoms. The Morgan fingerprint density at radius 1 is 1.07 bits per heavy atom. The Balaban J connectivity index is 1.90. The Bertz CT molecular complexity index is 784. The fraction of sp³-hybridized carbons (Fsp3) is 0.304. The molecule has 1 amide bonds. The smallest absolute Gasteiger partial charge is 0.310 e. The molecule has 0 saturated heterocycles. The van der Waals surface area contributed by atoms with Gasteiger partial charge in [-0.05, 0) is 36.3 Å². The van der Waals surface area contributed by atoms with Gasteiger partial charge in [0.15, 0.2) is 0 Å². The summed E-state index contributed by atoms with van der Waals surface area (Å²) in [7, 11) is 1.35. The van der Waals surface area contributed by atoms with Crippen LogP contribution in [0.25, 0.3) is 6.08 Å². The average molecular weight is 381 g/mol. The molecular weight excluding hydrogens is 354 g/mol. The van der Waals surface area contributed by atoms with Gasteiger partial charge in [-0.3, -0.25) is 9.59 Å². The van der Waals surface area contributed by atoms with Gasteiger partial charge in [0.25, 0.3) is 0 Å². The zero-order valence-corrected chi connectivity index (χ0v) is 16.6. The summed E-state index contributed by atoms with van der Waals surface area (Å²) in [6.07, 6.45) is 3.28. The lowest BCUT2D eigenvalue weighted by atomic mass is 10.1. The minimum absolute atomic E-state index is 0.136. The SMILES string of the molecule is CCN(CC(C)C(=O)OC)C(=O)/C=C/c1ccc(OCc2ccccc2)cc1. The molecule has 0 aliphatic heterocycles. The second kappa shape index (κ2) is 10.9. The highest BCUT2D eigenvalue weighted by Crippen LogP contribution is 2.15. The van der Waals surface area contributed by atoms with E-state index in [1.165, 1.54) is 13.2 Å². The lowest BCUT2D eigenvalue weighted by Gasteiger charge is -2.22. The van der Waals surface area contributed by atoms with Crippen LogP contribution in [0.2, 0.25) is 0 Å². The molecule has 2 aromatic rings.